The van der Waals surface area contributed by atoms with Gasteiger partial charge in [-0.05, 0) is 51.4 Å². The topological polar surface area (TPSA) is 9.23 Å². The monoisotopic (exact) mass is 250 g/mol. The third-order valence-corrected chi connectivity index (χ3v) is 6.92. The van der Waals surface area contributed by atoms with Crippen LogP contribution in [0.2, 0.25) is 19.6 Å². The molecular formula is C10H22OS2Si. The maximum absolute atomic E-state index is 6.17. The van der Waals surface area contributed by atoms with E-state index in [4.69, 9.17) is 4.43 Å². The van der Waals surface area contributed by atoms with Crippen LogP contribution in [0, 0.1) is 0 Å². The van der Waals surface area contributed by atoms with E-state index in [1.807, 2.05) is 23.5 Å². The first-order chi connectivity index (χ1) is 6.41. The van der Waals surface area contributed by atoms with E-state index in [9.17, 15) is 0 Å². The molecule has 84 valence electrons. The molecule has 0 heterocycles. The molecule has 0 aromatic carbocycles. The van der Waals surface area contributed by atoms with Gasteiger partial charge in [-0.25, -0.2) is 0 Å². The van der Waals surface area contributed by atoms with Crippen molar-refractivity contribution in [1.82, 2.24) is 0 Å². The lowest BCUT2D eigenvalue weighted by molar-refractivity contribution is 0.202. The Bertz CT molecular complexity index is 187. The Balaban J connectivity index is 2.48. The van der Waals surface area contributed by atoms with Crippen molar-refractivity contribution < 1.29 is 4.43 Å². The van der Waals surface area contributed by atoms with Crippen LogP contribution in [0.5, 0.6) is 0 Å². The quantitative estimate of drug-likeness (QED) is 0.555. The second kappa shape index (κ2) is 4.81. The summed E-state index contributed by atoms with van der Waals surface area (Å²) in [7, 11) is -1.33. The van der Waals surface area contributed by atoms with Crippen molar-refractivity contribution >= 4 is 31.8 Å². The van der Waals surface area contributed by atoms with Gasteiger partial charge in [-0.15, -0.1) is 23.5 Å². The van der Waals surface area contributed by atoms with Gasteiger partial charge in [-0.1, -0.05) is 0 Å². The summed E-state index contributed by atoms with van der Waals surface area (Å²) >= 11 is 4.02. The summed E-state index contributed by atoms with van der Waals surface area (Å²) in [5, 5.41) is 0. The summed E-state index contributed by atoms with van der Waals surface area (Å²) in [4.78, 5) is 0. The maximum Gasteiger partial charge on any atom is 0.184 e. The third kappa shape index (κ3) is 3.47. The highest BCUT2D eigenvalue weighted by atomic mass is 32.2. The lowest BCUT2D eigenvalue weighted by Gasteiger charge is -2.27. The number of hydrogen-bond acceptors (Lipinski definition) is 3. The van der Waals surface area contributed by atoms with E-state index < -0.39 is 8.32 Å². The smallest absolute Gasteiger partial charge is 0.184 e. The maximum atomic E-state index is 6.17. The van der Waals surface area contributed by atoms with Gasteiger partial charge < -0.3 is 4.43 Å². The van der Waals surface area contributed by atoms with Crippen molar-refractivity contribution in [2.45, 2.75) is 49.1 Å². The van der Waals surface area contributed by atoms with Crippen molar-refractivity contribution in [1.29, 1.82) is 0 Å². The summed E-state index contributed by atoms with van der Waals surface area (Å²) in [5.41, 5.74) is 0. The van der Waals surface area contributed by atoms with E-state index in [0.717, 1.165) is 0 Å². The SMILES string of the molecule is CSC1(SC)CC[C@H](O[Si](C)(C)C)C1. The molecule has 1 atom stereocenters. The van der Waals surface area contributed by atoms with Crippen LogP contribution in [0.25, 0.3) is 0 Å². The molecule has 0 aromatic rings. The van der Waals surface area contributed by atoms with E-state index in [2.05, 4.69) is 32.2 Å². The standard InChI is InChI=1S/C10H22OS2Si/c1-12-10(13-2)7-6-9(8-10)11-14(3,4)5/h9H,6-8H2,1-5H3/t9-/m0/s1. The molecule has 1 aliphatic rings. The van der Waals surface area contributed by atoms with Crippen molar-refractivity contribution in [2.75, 3.05) is 12.5 Å². The zero-order valence-corrected chi connectivity index (χ0v) is 12.6. The van der Waals surface area contributed by atoms with Crippen LogP contribution in [0.4, 0.5) is 0 Å². The Kier molecular flexibility index (Phi) is 4.45. The van der Waals surface area contributed by atoms with E-state index in [1.54, 1.807) is 0 Å². The van der Waals surface area contributed by atoms with Crippen LogP contribution in [-0.4, -0.2) is 31.0 Å². The minimum atomic E-state index is -1.33. The Morgan fingerprint density at radius 1 is 1.21 bits per heavy atom. The predicted molar refractivity (Wildman–Crippen MR) is 71.8 cm³/mol. The highest BCUT2D eigenvalue weighted by Crippen LogP contribution is 2.48. The fraction of sp³-hybridized carbons (Fsp3) is 1.00. The molecule has 0 unspecified atom stereocenters. The average Bonchev–Trinajstić information content (AvgIpc) is 2.46. The predicted octanol–water partition coefficient (Wildman–Crippen LogP) is 3.81. The molecule has 0 radical (unpaired) electrons. The van der Waals surface area contributed by atoms with Gasteiger partial charge in [0.15, 0.2) is 8.32 Å². The van der Waals surface area contributed by atoms with Crippen LogP contribution < -0.4 is 0 Å². The van der Waals surface area contributed by atoms with Crippen molar-refractivity contribution in [3.63, 3.8) is 0 Å². The lowest BCUT2D eigenvalue weighted by Crippen LogP contribution is -2.31. The minimum Gasteiger partial charge on any atom is -0.415 e. The van der Waals surface area contributed by atoms with Gasteiger partial charge >= 0.3 is 0 Å². The van der Waals surface area contributed by atoms with Crippen LogP contribution in [0.15, 0.2) is 0 Å². The Morgan fingerprint density at radius 3 is 2.14 bits per heavy atom. The average molecular weight is 251 g/mol. The van der Waals surface area contributed by atoms with Gasteiger partial charge in [0.2, 0.25) is 0 Å². The molecule has 1 rings (SSSR count). The van der Waals surface area contributed by atoms with Crippen LogP contribution in [0.3, 0.4) is 0 Å². The zero-order chi connectivity index (χ0) is 10.8. The summed E-state index contributed by atoms with van der Waals surface area (Å²) in [6.45, 7) is 6.85. The fourth-order valence-electron chi connectivity index (χ4n) is 1.99. The fourth-order valence-corrected chi connectivity index (χ4v) is 5.20. The Labute approximate surface area is 97.9 Å². The molecule has 0 N–H and O–H groups in total. The third-order valence-electron chi connectivity index (χ3n) is 2.65. The zero-order valence-electron chi connectivity index (χ0n) is 9.92. The molecule has 4 heteroatoms. The van der Waals surface area contributed by atoms with Gasteiger partial charge in [-0.2, -0.15) is 0 Å². The second-order valence-corrected chi connectivity index (χ2v) is 12.0. The highest BCUT2D eigenvalue weighted by Gasteiger charge is 2.39. The number of rotatable bonds is 4. The van der Waals surface area contributed by atoms with Crippen LogP contribution in [0.1, 0.15) is 19.3 Å². The minimum absolute atomic E-state index is 0.449. The molecule has 1 fully saturated rings. The molecule has 1 saturated carbocycles. The van der Waals surface area contributed by atoms with Crippen LogP contribution in [-0.2, 0) is 4.43 Å². The molecule has 0 amide bonds. The molecule has 0 aliphatic heterocycles. The first-order valence-corrected chi connectivity index (χ1v) is 11.0. The molecular weight excluding hydrogens is 228 g/mol. The van der Waals surface area contributed by atoms with Crippen molar-refractivity contribution in [3.05, 3.63) is 0 Å². The second-order valence-electron chi connectivity index (χ2n) is 4.91. The van der Waals surface area contributed by atoms with Gasteiger partial charge in [0, 0.05) is 6.10 Å². The molecule has 1 nitrogen and oxygen atoms in total. The molecule has 0 bridgehead atoms. The molecule has 0 spiro atoms. The summed E-state index contributed by atoms with van der Waals surface area (Å²) in [5.74, 6) is 0. The molecule has 14 heavy (non-hydrogen) atoms. The van der Waals surface area contributed by atoms with Gasteiger partial charge in [0.1, 0.15) is 0 Å². The lowest BCUT2D eigenvalue weighted by atomic mass is 10.3. The van der Waals surface area contributed by atoms with E-state index in [-0.39, 0.29) is 0 Å². The largest absolute Gasteiger partial charge is 0.415 e. The van der Waals surface area contributed by atoms with Gasteiger partial charge in [0.25, 0.3) is 0 Å². The van der Waals surface area contributed by atoms with E-state index in [1.165, 1.54) is 19.3 Å². The highest BCUT2D eigenvalue weighted by molar-refractivity contribution is 8.17. The molecule has 1 aliphatic carbocycles. The molecule has 0 aromatic heterocycles. The van der Waals surface area contributed by atoms with E-state index >= 15 is 0 Å². The van der Waals surface area contributed by atoms with Crippen LogP contribution >= 0.6 is 23.5 Å². The normalized spacial score (nSPS) is 26.8. The Hall–Kier alpha value is 0.877. The van der Waals surface area contributed by atoms with Crippen molar-refractivity contribution in [3.8, 4) is 0 Å². The molecule has 0 saturated heterocycles. The Morgan fingerprint density at radius 2 is 1.79 bits per heavy atom. The number of thioether (sulfide) groups is 2. The van der Waals surface area contributed by atoms with Gasteiger partial charge in [0.05, 0.1) is 4.08 Å². The first-order valence-electron chi connectivity index (χ1n) is 5.19. The van der Waals surface area contributed by atoms with Gasteiger partial charge in [-0.3, -0.25) is 0 Å². The van der Waals surface area contributed by atoms with Crippen molar-refractivity contribution in [2.24, 2.45) is 0 Å². The summed E-state index contributed by atoms with van der Waals surface area (Å²) in [6.07, 6.45) is 8.79. The summed E-state index contributed by atoms with van der Waals surface area (Å²) < 4.78 is 6.62. The first kappa shape index (κ1) is 12.9. The van der Waals surface area contributed by atoms with E-state index in [0.29, 0.717) is 10.2 Å². The number of hydrogen-bond donors (Lipinski definition) is 0. The summed E-state index contributed by atoms with van der Waals surface area (Å²) in [6, 6.07) is 0.